The third kappa shape index (κ3) is 1.39. The molecule has 0 heterocycles. The molecule has 0 spiro atoms. The highest BCUT2D eigenvalue weighted by atomic mass is 14.6. The van der Waals surface area contributed by atoms with Gasteiger partial charge < -0.3 is 0 Å². The van der Waals surface area contributed by atoms with E-state index in [1.807, 2.05) is 6.07 Å². The summed E-state index contributed by atoms with van der Waals surface area (Å²) < 4.78 is 0. The molecular weight excluding hydrogens is 192 g/mol. The normalized spacial score (nSPS) is 36.2. The number of hydrogen-bond donors (Lipinski definition) is 0. The first-order valence-corrected chi connectivity index (χ1v) is 6.32. The Morgan fingerprint density at radius 2 is 2.31 bits per heavy atom. The quantitative estimate of drug-likeness (QED) is 0.619. The maximum absolute atomic E-state index is 5.48. The van der Waals surface area contributed by atoms with Crippen molar-refractivity contribution in [2.24, 2.45) is 11.8 Å². The molecule has 2 aliphatic carbocycles. The van der Waals surface area contributed by atoms with Gasteiger partial charge in [0.2, 0.25) is 0 Å². The molecule has 1 aromatic carbocycles. The van der Waals surface area contributed by atoms with E-state index in [0.29, 0.717) is 5.41 Å². The molecule has 2 aliphatic rings. The molecule has 2 fully saturated rings. The van der Waals surface area contributed by atoms with E-state index in [1.165, 1.54) is 31.2 Å². The molecule has 3 unspecified atom stereocenters. The minimum atomic E-state index is 0.513. The summed E-state index contributed by atoms with van der Waals surface area (Å²) in [5, 5.41) is 0. The van der Waals surface area contributed by atoms with E-state index in [1.54, 1.807) is 0 Å². The van der Waals surface area contributed by atoms with E-state index in [0.717, 1.165) is 17.4 Å². The predicted molar refractivity (Wildman–Crippen MR) is 67.2 cm³/mol. The second-order valence-electron chi connectivity index (χ2n) is 5.66. The first-order valence-electron chi connectivity index (χ1n) is 6.32. The van der Waals surface area contributed by atoms with Crippen LogP contribution >= 0.6 is 0 Å². The zero-order valence-electron chi connectivity index (χ0n) is 9.87. The lowest BCUT2D eigenvalue weighted by Gasteiger charge is -2.26. The largest absolute Gasteiger partial charge is 0.115 e. The second kappa shape index (κ2) is 3.39. The minimum absolute atomic E-state index is 0.513. The molecule has 3 atom stereocenters. The molecule has 0 aliphatic heterocycles. The number of rotatable bonds is 1. The number of benzene rings is 1. The van der Waals surface area contributed by atoms with Gasteiger partial charge in [-0.25, -0.2) is 0 Å². The van der Waals surface area contributed by atoms with Crippen LogP contribution in [0.3, 0.4) is 0 Å². The molecule has 0 radical (unpaired) electrons. The van der Waals surface area contributed by atoms with Crippen LogP contribution in [0.2, 0.25) is 0 Å². The Labute approximate surface area is 98.1 Å². The van der Waals surface area contributed by atoms with Gasteiger partial charge in [-0.1, -0.05) is 25.0 Å². The zero-order valence-corrected chi connectivity index (χ0v) is 9.87. The van der Waals surface area contributed by atoms with Crippen LogP contribution in [0.1, 0.15) is 43.7 Å². The summed E-state index contributed by atoms with van der Waals surface area (Å²) in [6, 6.07) is 8.66. The number of terminal acetylenes is 1. The van der Waals surface area contributed by atoms with Gasteiger partial charge in [-0.05, 0) is 60.6 Å². The van der Waals surface area contributed by atoms with E-state index >= 15 is 0 Å². The third-order valence-corrected chi connectivity index (χ3v) is 4.61. The monoisotopic (exact) mass is 210 g/mol. The summed E-state index contributed by atoms with van der Waals surface area (Å²) in [6.07, 6.45) is 11.0. The summed E-state index contributed by atoms with van der Waals surface area (Å²) in [6.45, 7) is 2.39. The molecule has 0 bridgehead atoms. The van der Waals surface area contributed by atoms with Crippen LogP contribution in [0.25, 0.3) is 0 Å². The molecule has 0 amide bonds. The van der Waals surface area contributed by atoms with Crippen LogP contribution in [-0.2, 0) is 5.41 Å². The maximum atomic E-state index is 5.48. The summed E-state index contributed by atoms with van der Waals surface area (Å²) >= 11 is 0. The van der Waals surface area contributed by atoms with Gasteiger partial charge in [0.25, 0.3) is 0 Å². The van der Waals surface area contributed by atoms with Crippen molar-refractivity contribution in [3.05, 3.63) is 35.4 Å². The van der Waals surface area contributed by atoms with Gasteiger partial charge >= 0.3 is 0 Å². The molecule has 2 saturated carbocycles. The molecule has 0 saturated heterocycles. The van der Waals surface area contributed by atoms with Crippen LogP contribution in [0.4, 0.5) is 0 Å². The fraction of sp³-hybridized carbons (Fsp3) is 0.500. The van der Waals surface area contributed by atoms with Gasteiger partial charge in [0.15, 0.2) is 0 Å². The Morgan fingerprint density at radius 3 is 3.06 bits per heavy atom. The van der Waals surface area contributed by atoms with Gasteiger partial charge in [-0.15, -0.1) is 6.42 Å². The average Bonchev–Trinajstić information content (AvgIpc) is 3.04. The number of fused-ring (bicyclic) bond motifs is 1. The highest BCUT2D eigenvalue weighted by molar-refractivity contribution is 5.42. The van der Waals surface area contributed by atoms with Crippen molar-refractivity contribution >= 4 is 0 Å². The first kappa shape index (κ1) is 9.97. The molecule has 0 nitrogen and oxygen atoms in total. The van der Waals surface area contributed by atoms with Crippen LogP contribution in [0.15, 0.2) is 24.3 Å². The molecule has 82 valence electrons. The Morgan fingerprint density at radius 1 is 1.44 bits per heavy atom. The topological polar surface area (TPSA) is 0 Å². The van der Waals surface area contributed by atoms with Crippen molar-refractivity contribution in [2.75, 3.05) is 0 Å². The van der Waals surface area contributed by atoms with Crippen molar-refractivity contribution in [3.63, 3.8) is 0 Å². The summed E-state index contributed by atoms with van der Waals surface area (Å²) in [4.78, 5) is 0. The second-order valence-corrected chi connectivity index (χ2v) is 5.66. The zero-order chi connectivity index (χ0) is 11.2. The van der Waals surface area contributed by atoms with E-state index in [4.69, 9.17) is 6.42 Å². The van der Waals surface area contributed by atoms with Gasteiger partial charge in [-0.3, -0.25) is 0 Å². The standard InChI is InChI=1S/C16H18/c1-3-13-5-4-6-14(10-13)16-8-7-12(2)9-15(16)11-16/h1,4-6,10,12,15H,7-9,11H2,2H3. The lowest BCUT2D eigenvalue weighted by Crippen LogP contribution is -2.18. The van der Waals surface area contributed by atoms with Crippen molar-refractivity contribution in [1.29, 1.82) is 0 Å². The van der Waals surface area contributed by atoms with E-state index < -0.39 is 0 Å². The molecule has 0 aromatic heterocycles. The fourth-order valence-corrected chi connectivity index (χ4v) is 3.52. The smallest absolute Gasteiger partial charge is 0.0245 e. The molecule has 0 N–H and O–H groups in total. The van der Waals surface area contributed by atoms with Gasteiger partial charge in [0.1, 0.15) is 0 Å². The highest BCUT2D eigenvalue weighted by Gasteiger charge is 2.56. The van der Waals surface area contributed by atoms with Crippen molar-refractivity contribution in [1.82, 2.24) is 0 Å². The molecule has 1 aromatic rings. The summed E-state index contributed by atoms with van der Waals surface area (Å²) in [5.74, 6) is 4.61. The molecule has 0 heteroatoms. The summed E-state index contributed by atoms with van der Waals surface area (Å²) in [7, 11) is 0. The minimum Gasteiger partial charge on any atom is -0.115 e. The lowest BCUT2D eigenvalue weighted by molar-refractivity contribution is 0.337. The SMILES string of the molecule is C#Cc1cccc(C23CCC(C)CC2C3)c1. The molecular formula is C16H18. The molecule has 3 rings (SSSR count). The summed E-state index contributed by atoms with van der Waals surface area (Å²) in [5.41, 5.74) is 3.05. The van der Waals surface area contributed by atoms with Crippen LogP contribution < -0.4 is 0 Å². The first-order chi connectivity index (χ1) is 7.74. The highest BCUT2D eigenvalue weighted by Crippen LogP contribution is 2.63. The predicted octanol–water partition coefficient (Wildman–Crippen LogP) is 3.75. The third-order valence-electron chi connectivity index (χ3n) is 4.61. The maximum Gasteiger partial charge on any atom is 0.0245 e. The van der Waals surface area contributed by atoms with Crippen LogP contribution in [-0.4, -0.2) is 0 Å². The van der Waals surface area contributed by atoms with Crippen LogP contribution in [0.5, 0.6) is 0 Å². The lowest BCUT2D eigenvalue weighted by atomic mass is 9.78. The van der Waals surface area contributed by atoms with E-state index in [2.05, 4.69) is 31.0 Å². The van der Waals surface area contributed by atoms with Gasteiger partial charge in [0.05, 0.1) is 0 Å². The average molecular weight is 210 g/mol. The Bertz CT molecular complexity index is 451. The number of hydrogen-bond acceptors (Lipinski definition) is 0. The van der Waals surface area contributed by atoms with Crippen LogP contribution in [0, 0.1) is 24.2 Å². The van der Waals surface area contributed by atoms with Crippen molar-refractivity contribution in [2.45, 2.75) is 38.0 Å². The van der Waals surface area contributed by atoms with Gasteiger partial charge in [-0.2, -0.15) is 0 Å². The Kier molecular flexibility index (Phi) is 2.11. The van der Waals surface area contributed by atoms with Crippen molar-refractivity contribution < 1.29 is 0 Å². The van der Waals surface area contributed by atoms with Crippen molar-refractivity contribution in [3.8, 4) is 12.3 Å². The van der Waals surface area contributed by atoms with E-state index in [-0.39, 0.29) is 0 Å². The van der Waals surface area contributed by atoms with E-state index in [9.17, 15) is 0 Å². The fourth-order valence-electron chi connectivity index (χ4n) is 3.52. The molecule has 16 heavy (non-hydrogen) atoms. The Hall–Kier alpha value is -1.22. The van der Waals surface area contributed by atoms with Gasteiger partial charge in [0, 0.05) is 5.56 Å². The Balaban J connectivity index is 1.91.